The second kappa shape index (κ2) is 6.12. The normalized spacial score (nSPS) is 17.5. The van der Waals surface area contributed by atoms with E-state index in [2.05, 4.69) is 11.9 Å². The zero-order chi connectivity index (χ0) is 14.0. The molecule has 104 valence electrons. The van der Waals surface area contributed by atoms with Crippen molar-refractivity contribution in [3.8, 4) is 5.75 Å². The number of carbonyl (C=O) groups is 1. The maximum Gasteiger partial charge on any atom is 0.169 e. The number of methoxy groups -OCH3 is 1. The van der Waals surface area contributed by atoms with Crippen molar-refractivity contribution in [2.24, 2.45) is 5.92 Å². The lowest BCUT2D eigenvalue weighted by Gasteiger charge is -2.28. The summed E-state index contributed by atoms with van der Waals surface area (Å²) in [6, 6.07) is 3.22. The Labute approximate surface area is 123 Å². The summed E-state index contributed by atoms with van der Waals surface area (Å²) in [6.07, 6.45) is 1.75. The van der Waals surface area contributed by atoms with Gasteiger partial charge in [0.05, 0.1) is 22.7 Å². The van der Waals surface area contributed by atoms with E-state index < -0.39 is 0 Å². The lowest BCUT2D eigenvalue weighted by Crippen LogP contribution is -2.33. The summed E-state index contributed by atoms with van der Waals surface area (Å²) < 4.78 is 5.24. The second-order valence-corrected chi connectivity index (χ2v) is 5.72. The van der Waals surface area contributed by atoms with Crippen molar-refractivity contribution in [1.82, 2.24) is 4.90 Å². The first kappa shape index (κ1) is 14.6. The third-order valence-corrected chi connectivity index (χ3v) is 4.32. The topological polar surface area (TPSA) is 29.5 Å². The van der Waals surface area contributed by atoms with E-state index in [0.717, 1.165) is 25.9 Å². The van der Waals surface area contributed by atoms with Crippen LogP contribution in [0, 0.1) is 5.92 Å². The molecule has 0 aromatic heterocycles. The molecule has 0 aliphatic carbocycles. The minimum atomic E-state index is 0.0438. The lowest BCUT2D eigenvalue weighted by atomic mass is 9.88. The minimum absolute atomic E-state index is 0.0438. The summed E-state index contributed by atoms with van der Waals surface area (Å²) in [5.41, 5.74) is 0.534. The van der Waals surface area contributed by atoms with Gasteiger partial charge in [0, 0.05) is 12.0 Å². The van der Waals surface area contributed by atoms with Crippen LogP contribution >= 0.6 is 23.2 Å². The molecule has 0 atom stereocenters. The molecule has 3 nitrogen and oxygen atoms in total. The van der Waals surface area contributed by atoms with Gasteiger partial charge in [0.15, 0.2) is 5.78 Å². The molecule has 0 bridgehead atoms. The highest BCUT2D eigenvalue weighted by molar-refractivity contribution is 6.42. The van der Waals surface area contributed by atoms with Crippen LogP contribution in [0.3, 0.4) is 0 Å². The molecule has 5 heteroatoms. The van der Waals surface area contributed by atoms with Gasteiger partial charge in [-0.3, -0.25) is 4.79 Å². The predicted molar refractivity (Wildman–Crippen MR) is 77.6 cm³/mol. The number of piperidine rings is 1. The third-order valence-electron chi connectivity index (χ3n) is 3.60. The van der Waals surface area contributed by atoms with Gasteiger partial charge in [-0.05, 0) is 39.0 Å². The van der Waals surface area contributed by atoms with Crippen molar-refractivity contribution >= 4 is 29.0 Å². The van der Waals surface area contributed by atoms with Crippen molar-refractivity contribution < 1.29 is 9.53 Å². The van der Waals surface area contributed by atoms with Crippen LogP contribution in [0.1, 0.15) is 23.2 Å². The highest BCUT2D eigenvalue weighted by atomic mass is 35.5. The van der Waals surface area contributed by atoms with Crippen molar-refractivity contribution in [1.29, 1.82) is 0 Å². The number of carbonyl (C=O) groups excluding carboxylic acids is 1. The van der Waals surface area contributed by atoms with Gasteiger partial charge in [-0.15, -0.1) is 0 Å². The van der Waals surface area contributed by atoms with E-state index >= 15 is 0 Å². The van der Waals surface area contributed by atoms with Crippen LogP contribution in [0.2, 0.25) is 10.0 Å². The van der Waals surface area contributed by atoms with E-state index in [0.29, 0.717) is 21.4 Å². The fraction of sp³-hybridized carbons (Fsp3) is 0.500. The molecule has 1 aliphatic rings. The number of ketones is 1. The molecule has 1 aromatic rings. The monoisotopic (exact) mass is 301 g/mol. The molecule has 1 heterocycles. The Hall–Kier alpha value is -0.770. The first-order chi connectivity index (χ1) is 9.02. The highest BCUT2D eigenvalue weighted by Gasteiger charge is 2.27. The molecule has 0 spiro atoms. The third kappa shape index (κ3) is 3.22. The average Bonchev–Trinajstić information content (AvgIpc) is 2.41. The first-order valence-electron chi connectivity index (χ1n) is 6.28. The Kier molecular flexibility index (Phi) is 4.71. The quantitative estimate of drug-likeness (QED) is 0.800. The molecule has 2 rings (SSSR count). The Balaban J connectivity index is 2.25. The van der Waals surface area contributed by atoms with E-state index in [9.17, 15) is 4.79 Å². The summed E-state index contributed by atoms with van der Waals surface area (Å²) in [4.78, 5) is 14.8. The van der Waals surface area contributed by atoms with E-state index in [1.54, 1.807) is 12.1 Å². The van der Waals surface area contributed by atoms with Gasteiger partial charge in [0.25, 0.3) is 0 Å². The first-order valence-corrected chi connectivity index (χ1v) is 7.04. The molecule has 19 heavy (non-hydrogen) atoms. The van der Waals surface area contributed by atoms with Gasteiger partial charge in [-0.25, -0.2) is 0 Å². The number of halogens is 2. The SMILES string of the molecule is COc1cc(Cl)c(Cl)cc1C(=O)C1CCN(C)CC1. The highest BCUT2D eigenvalue weighted by Crippen LogP contribution is 2.33. The van der Waals surface area contributed by atoms with Crippen LogP contribution in [-0.2, 0) is 0 Å². The van der Waals surface area contributed by atoms with E-state index in [1.165, 1.54) is 7.11 Å². The summed E-state index contributed by atoms with van der Waals surface area (Å²) in [5, 5.41) is 0.789. The molecule has 0 saturated carbocycles. The van der Waals surface area contributed by atoms with Crippen LogP contribution in [-0.4, -0.2) is 37.9 Å². The van der Waals surface area contributed by atoms with Crippen molar-refractivity contribution in [3.63, 3.8) is 0 Å². The molecular weight excluding hydrogens is 285 g/mol. The molecular formula is C14H17Cl2NO2. The van der Waals surface area contributed by atoms with E-state index in [4.69, 9.17) is 27.9 Å². The summed E-state index contributed by atoms with van der Waals surface area (Å²) >= 11 is 11.9. The fourth-order valence-corrected chi connectivity index (χ4v) is 2.70. The van der Waals surface area contributed by atoms with E-state index in [-0.39, 0.29) is 11.7 Å². The zero-order valence-electron chi connectivity index (χ0n) is 11.1. The fourth-order valence-electron chi connectivity index (χ4n) is 2.38. The van der Waals surface area contributed by atoms with Crippen LogP contribution < -0.4 is 4.74 Å². The molecule has 1 aliphatic heterocycles. The molecule has 1 fully saturated rings. The van der Waals surface area contributed by atoms with Crippen molar-refractivity contribution in [3.05, 3.63) is 27.7 Å². The van der Waals surface area contributed by atoms with Crippen LogP contribution in [0.4, 0.5) is 0 Å². The molecule has 1 saturated heterocycles. The Morgan fingerprint density at radius 2 is 1.84 bits per heavy atom. The number of hydrogen-bond donors (Lipinski definition) is 0. The van der Waals surface area contributed by atoms with Crippen LogP contribution in [0.25, 0.3) is 0 Å². The molecule has 0 unspecified atom stereocenters. The number of rotatable bonds is 3. The van der Waals surface area contributed by atoms with Gasteiger partial charge in [0.1, 0.15) is 5.75 Å². The van der Waals surface area contributed by atoms with Gasteiger partial charge in [0.2, 0.25) is 0 Å². The number of nitrogens with zero attached hydrogens (tertiary/aromatic N) is 1. The Morgan fingerprint density at radius 1 is 1.26 bits per heavy atom. The van der Waals surface area contributed by atoms with Crippen molar-refractivity contribution in [2.45, 2.75) is 12.8 Å². The largest absolute Gasteiger partial charge is 0.496 e. The molecule has 0 amide bonds. The Bertz CT molecular complexity index is 483. The minimum Gasteiger partial charge on any atom is -0.496 e. The lowest BCUT2D eigenvalue weighted by molar-refractivity contribution is 0.0853. The van der Waals surface area contributed by atoms with Crippen LogP contribution in [0.15, 0.2) is 12.1 Å². The average molecular weight is 302 g/mol. The number of benzene rings is 1. The maximum absolute atomic E-state index is 12.5. The van der Waals surface area contributed by atoms with E-state index in [1.807, 2.05) is 0 Å². The van der Waals surface area contributed by atoms with Crippen molar-refractivity contribution in [2.75, 3.05) is 27.2 Å². The maximum atomic E-state index is 12.5. The molecule has 0 N–H and O–H groups in total. The van der Waals surface area contributed by atoms with Gasteiger partial charge < -0.3 is 9.64 Å². The smallest absolute Gasteiger partial charge is 0.169 e. The number of Topliss-reactive ketones (excluding diaryl/α,β-unsaturated/α-hetero) is 1. The summed E-state index contributed by atoms with van der Waals surface area (Å²) in [6.45, 7) is 1.89. The van der Waals surface area contributed by atoms with Gasteiger partial charge in [-0.1, -0.05) is 23.2 Å². The standard InChI is InChI=1S/C14H17Cl2NO2/c1-17-5-3-9(4-6-17)14(18)10-7-11(15)12(16)8-13(10)19-2/h7-9H,3-6H2,1-2H3. The number of likely N-dealkylation sites (tertiary alicyclic amines) is 1. The second-order valence-electron chi connectivity index (χ2n) is 4.91. The predicted octanol–water partition coefficient (Wildman–Crippen LogP) is 3.53. The van der Waals surface area contributed by atoms with Gasteiger partial charge in [-0.2, -0.15) is 0 Å². The molecule has 0 radical (unpaired) electrons. The Morgan fingerprint density at radius 3 is 2.42 bits per heavy atom. The number of hydrogen-bond acceptors (Lipinski definition) is 3. The van der Waals surface area contributed by atoms with Crippen LogP contribution in [0.5, 0.6) is 5.75 Å². The summed E-state index contributed by atoms with van der Waals surface area (Å²) in [5.74, 6) is 0.643. The number of ether oxygens (including phenoxy) is 1. The van der Waals surface area contributed by atoms with Gasteiger partial charge >= 0.3 is 0 Å². The molecule has 1 aromatic carbocycles. The zero-order valence-corrected chi connectivity index (χ0v) is 12.6. The summed E-state index contributed by atoms with van der Waals surface area (Å²) in [7, 11) is 3.60.